The molecule has 0 saturated carbocycles. The number of rotatable bonds is 7. The number of fused-ring (bicyclic) bond motifs is 1. The van der Waals surface area contributed by atoms with Gasteiger partial charge in [-0.25, -0.2) is 8.42 Å². The first-order valence-corrected chi connectivity index (χ1v) is 13.3. The summed E-state index contributed by atoms with van der Waals surface area (Å²) in [5.74, 6) is -0.167. The molecule has 1 aliphatic rings. The van der Waals surface area contributed by atoms with Gasteiger partial charge in [0.05, 0.1) is 16.6 Å². The zero-order chi connectivity index (χ0) is 24.3. The fourth-order valence-electron chi connectivity index (χ4n) is 4.46. The van der Waals surface area contributed by atoms with Crippen LogP contribution in [0.4, 0.5) is 5.69 Å². The van der Waals surface area contributed by atoms with E-state index in [0.29, 0.717) is 11.3 Å². The van der Waals surface area contributed by atoms with Crippen LogP contribution in [0.1, 0.15) is 64.8 Å². The second kappa shape index (κ2) is 10.0. The Morgan fingerprint density at radius 2 is 1.59 bits per heavy atom. The third-order valence-corrected chi connectivity index (χ3v) is 8.46. The van der Waals surface area contributed by atoms with Crippen LogP contribution in [0, 0.1) is 6.92 Å². The van der Waals surface area contributed by atoms with Crippen LogP contribution in [0.5, 0.6) is 0 Å². The summed E-state index contributed by atoms with van der Waals surface area (Å²) in [6.45, 7) is 3.98. The summed E-state index contributed by atoms with van der Waals surface area (Å²) in [6.07, 6.45) is 5.51. The van der Waals surface area contributed by atoms with Gasteiger partial charge in [0.25, 0.3) is 15.9 Å². The Kier molecular flexibility index (Phi) is 7.08. The Hall–Kier alpha value is -3.12. The van der Waals surface area contributed by atoms with Crippen molar-refractivity contribution in [3.05, 3.63) is 94.5 Å². The van der Waals surface area contributed by atoms with Crippen LogP contribution in [0.15, 0.2) is 71.6 Å². The highest BCUT2D eigenvalue weighted by Crippen LogP contribution is 2.27. The molecular formula is C28H32N2O3S. The van der Waals surface area contributed by atoms with Crippen LogP contribution >= 0.6 is 0 Å². The van der Waals surface area contributed by atoms with E-state index in [1.165, 1.54) is 35.3 Å². The van der Waals surface area contributed by atoms with Gasteiger partial charge in [-0.3, -0.25) is 9.10 Å². The lowest BCUT2D eigenvalue weighted by Gasteiger charge is -2.22. The summed E-state index contributed by atoms with van der Waals surface area (Å²) >= 11 is 0. The molecule has 178 valence electrons. The standard InChI is InChI=1S/C28H32N2O3S/c1-4-27(24-12-11-21-7-5-6-8-23(21)19-24)29-28(31)22-13-15-25(16-14-22)30(3)34(32,33)26-17-9-20(2)10-18-26/h9-19,27H,4-8H2,1-3H3,(H,29,31)/t27-/m0/s1. The second-order valence-corrected chi connectivity index (χ2v) is 11.0. The lowest BCUT2D eigenvalue weighted by molar-refractivity contribution is 0.0935. The molecule has 0 aromatic heterocycles. The predicted octanol–water partition coefficient (Wildman–Crippen LogP) is 5.58. The minimum atomic E-state index is -3.68. The van der Waals surface area contributed by atoms with Gasteiger partial charge in [0, 0.05) is 12.6 Å². The number of hydrogen-bond donors (Lipinski definition) is 1. The fourth-order valence-corrected chi connectivity index (χ4v) is 5.66. The average Bonchev–Trinajstić information content (AvgIpc) is 2.86. The van der Waals surface area contributed by atoms with E-state index in [4.69, 9.17) is 0 Å². The maximum atomic E-state index is 13.0. The lowest BCUT2D eigenvalue weighted by Crippen LogP contribution is -2.29. The van der Waals surface area contributed by atoms with Gasteiger partial charge in [-0.05, 0) is 92.1 Å². The van der Waals surface area contributed by atoms with Gasteiger partial charge < -0.3 is 5.32 Å². The Morgan fingerprint density at radius 1 is 0.941 bits per heavy atom. The van der Waals surface area contributed by atoms with E-state index in [1.54, 1.807) is 48.5 Å². The number of carbonyl (C=O) groups excluding carboxylic acids is 1. The van der Waals surface area contributed by atoms with E-state index in [2.05, 4.69) is 30.4 Å². The third kappa shape index (κ3) is 5.02. The van der Waals surface area contributed by atoms with Gasteiger partial charge in [0.2, 0.25) is 0 Å². The summed E-state index contributed by atoms with van der Waals surface area (Å²) < 4.78 is 27.1. The van der Waals surface area contributed by atoms with Crippen LogP contribution in [0.25, 0.3) is 0 Å². The van der Waals surface area contributed by atoms with Gasteiger partial charge in [0.1, 0.15) is 0 Å². The molecule has 0 fully saturated rings. The van der Waals surface area contributed by atoms with E-state index < -0.39 is 10.0 Å². The molecule has 0 aliphatic heterocycles. The van der Waals surface area contributed by atoms with E-state index >= 15 is 0 Å². The molecule has 5 nitrogen and oxygen atoms in total. The molecule has 4 rings (SSSR count). The number of benzene rings is 3. The van der Waals surface area contributed by atoms with Crippen molar-refractivity contribution in [3.8, 4) is 0 Å². The zero-order valence-electron chi connectivity index (χ0n) is 20.0. The Labute approximate surface area is 202 Å². The van der Waals surface area contributed by atoms with Crippen LogP contribution < -0.4 is 9.62 Å². The normalized spacial score (nSPS) is 14.2. The van der Waals surface area contributed by atoms with Crippen molar-refractivity contribution in [1.82, 2.24) is 5.32 Å². The summed E-state index contributed by atoms with van der Waals surface area (Å²) in [4.78, 5) is 13.2. The van der Waals surface area contributed by atoms with Gasteiger partial charge in [-0.2, -0.15) is 0 Å². The molecule has 0 radical (unpaired) electrons. The van der Waals surface area contributed by atoms with Gasteiger partial charge in [0.15, 0.2) is 0 Å². The minimum absolute atomic E-state index is 0.0657. The first-order valence-electron chi connectivity index (χ1n) is 11.9. The Balaban J connectivity index is 1.47. The van der Waals surface area contributed by atoms with E-state index in [0.717, 1.165) is 30.4 Å². The summed E-state index contributed by atoms with van der Waals surface area (Å²) in [5.41, 5.74) is 5.96. The summed E-state index contributed by atoms with van der Waals surface area (Å²) in [5, 5.41) is 3.15. The molecule has 0 saturated heterocycles. The Morgan fingerprint density at radius 3 is 2.24 bits per heavy atom. The predicted molar refractivity (Wildman–Crippen MR) is 137 cm³/mol. The lowest BCUT2D eigenvalue weighted by atomic mass is 9.88. The highest BCUT2D eigenvalue weighted by Gasteiger charge is 2.22. The molecule has 1 amide bonds. The largest absolute Gasteiger partial charge is 0.345 e. The van der Waals surface area contributed by atoms with E-state index in [-0.39, 0.29) is 16.8 Å². The van der Waals surface area contributed by atoms with Crippen molar-refractivity contribution in [2.75, 3.05) is 11.4 Å². The highest BCUT2D eigenvalue weighted by molar-refractivity contribution is 7.92. The van der Waals surface area contributed by atoms with Gasteiger partial charge in [-0.1, -0.05) is 42.8 Å². The van der Waals surface area contributed by atoms with Crippen molar-refractivity contribution >= 4 is 21.6 Å². The first-order chi connectivity index (χ1) is 16.3. The van der Waals surface area contributed by atoms with Crippen molar-refractivity contribution in [1.29, 1.82) is 0 Å². The third-order valence-electron chi connectivity index (χ3n) is 6.66. The molecule has 0 heterocycles. The first kappa shape index (κ1) is 24.0. The number of aryl methyl sites for hydroxylation is 3. The molecule has 1 atom stereocenters. The maximum absolute atomic E-state index is 13.0. The van der Waals surface area contributed by atoms with Crippen LogP contribution in [-0.2, 0) is 22.9 Å². The number of sulfonamides is 1. The summed E-state index contributed by atoms with van der Waals surface area (Å²) in [6, 6.07) is 20.0. The van der Waals surface area contributed by atoms with Gasteiger partial charge >= 0.3 is 0 Å². The summed E-state index contributed by atoms with van der Waals surface area (Å²) in [7, 11) is -2.15. The van der Waals surface area contributed by atoms with Crippen LogP contribution in [0.3, 0.4) is 0 Å². The molecule has 0 spiro atoms. The second-order valence-electron chi connectivity index (χ2n) is 9.00. The van der Waals surface area contributed by atoms with Crippen molar-refractivity contribution < 1.29 is 13.2 Å². The van der Waals surface area contributed by atoms with Gasteiger partial charge in [-0.15, -0.1) is 0 Å². The topological polar surface area (TPSA) is 66.5 Å². The minimum Gasteiger partial charge on any atom is -0.345 e. The fraction of sp³-hybridized carbons (Fsp3) is 0.321. The zero-order valence-corrected chi connectivity index (χ0v) is 20.9. The number of nitrogens with one attached hydrogen (secondary N) is 1. The molecule has 0 bridgehead atoms. The molecular weight excluding hydrogens is 444 g/mol. The number of hydrogen-bond acceptors (Lipinski definition) is 3. The number of nitrogens with zero attached hydrogens (tertiary/aromatic N) is 1. The molecule has 3 aromatic carbocycles. The number of carbonyl (C=O) groups is 1. The van der Waals surface area contributed by atoms with Crippen molar-refractivity contribution in [3.63, 3.8) is 0 Å². The Bertz CT molecular complexity index is 1270. The SMILES string of the molecule is CC[C@H](NC(=O)c1ccc(N(C)S(=O)(=O)c2ccc(C)cc2)cc1)c1ccc2c(c1)CCCC2. The highest BCUT2D eigenvalue weighted by atomic mass is 32.2. The monoisotopic (exact) mass is 476 g/mol. The smallest absolute Gasteiger partial charge is 0.264 e. The van der Waals surface area contributed by atoms with E-state index in [9.17, 15) is 13.2 Å². The average molecular weight is 477 g/mol. The van der Waals surface area contributed by atoms with E-state index in [1.807, 2.05) is 6.92 Å². The molecule has 6 heteroatoms. The number of amides is 1. The van der Waals surface area contributed by atoms with Crippen molar-refractivity contribution in [2.24, 2.45) is 0 Å². The van der Waals surface area contributed by atoms with Crippen LogP contribution in [-0.4, -0.2) is 21.4 Å². The quantitative estimate of drug-likeness (QED) is 0.484. The maximum Gasteiger partial charge on any atom is 0.264 e. The molecule has 34 heavy (non-hydrogen) atoms. The number of anilines is 1. The molecule has 3 aromatic rings. The molecule has 1 N–H and O–H groups in total. The van der Waals surface area contributed by atoms with Crippen LogP contribution in [0.2, 0.25) is 0 Å². The molecule has 0 unspecified atom stereocenters. The van der Waals surface area contributed by atoms with Crippen molar-refractivity contribution in [2.45, 2.75) is 56.9 Å². The molecule has 1 aliphatic carbocycles.